The average Bonchev–Trinajstić information content (AvgIpc) is 2.31. The molecule has 3 heteroatoms. The molecule has 0 fully saturated rings. The first kappa shape index (κ1) is 14.7. The number of carbonyl (C=O) groups excluding carboxylic acids is 1. The van der Waals surface area contributed by atoms with E-state index in [-0.39, 0.29) is 11.3 Å². The molecule has 0 aromatic heterocycles. The van der Waals surface area contributed by atoms with E-state index in [9.17, 15) is 4.79 Å². The summed E-state index contributed by atoms with van der Waals surface area (Å²) in [6.07, 6.45) is 0.439. The van der Waals surface area contributed by atoms with Crippen molar-refractivity contribution >= 4 is 5.91 Å². The third-order valence-corrected chi connectivity index (χ3v) is 3.17. The molecular weight excluding hydrogens is 224 g/mol. The number of rotatable bonds is 5. The molecule has 18 heavy (non-hydrogen) atoms. The van der Waals surface area contributed by atoms with Crippen molar-refractivity contribution in [2.45, 2.75) is 34.1 Å². The molecule has 0 spiro atoms. The van der Waals surface area contributed by atoms with Gasteiger partial charge >= 0.3 is 0 Å². The highest BCUT2D eigenvalue weighted by atomic mass is 16.1. The minimum Gasteiger partial charge on any atom is -0.355 e. The van der Waals surface area contributed by atoms with Crippen LogP contribution >= 0.6 is 0 Å². The lowest BCUT2D eigenvalue weighted by Gasteiger charge is -2.22. The zero-order chi connectivity index (χ0) is 13.8. The average molecular weight is 248 g/mol. The van der Waals surface area contributed by atoms with Crippen molar-refractivity contribution in [1.82, 2.24) is 5.32 Å². The predicted molar refractivity (Wildman–Crippen MR) is 75.5 cm³/mol. The van der Waals surface area contributed by atoms with E-state index in [1.807, 2.05) is 27.7 Å². The summed E-state index contributed by atoms with van der Waals surface area (Å²) in [4.78, 5) is 11.9. The number of aryl methyl sites for hydroxylation is 2. The summed E-state index contributed by atoms with van der Waals surface area (Å²) < 4.78 is 0. The Kier molecular flexibility index (Phi) is 4.91. The van der Waals surface area contributed by atoms with E-state index in [1.165, 1.54) is 5.56 Å². The number of amides is 1. The van der Waals surface area contributed by atoms with Crippen LogP contribution in [0.25, 0.3) is 0 Å². The first-order valence-corrected chi connectivity index (χ1v) is 6.37. The third kappa shape index (κ3) is 4.49. The Morgan fingerprint density at radius 2 is 2.00 bits per heavy atom. The van der Waals surface area contributed by atoms with Crippen LogP contribution in [0.1, 0.15) is 30.5 Å². The number of carbonyl (C=O) groups is 1. The topological polar surface area (TPSA) is 55.1 Å². The first-order chi connectivity index (χ1) is 8.34. The summed E-state index contributed by atoms with van der Waals surface area (Å²) in [7, 11) is 0. The third-order valence-electron chi connectivity index (χ3n) is 3.17. The Hall–Kier alpha value is -1.35. The SMILES string of the molecule is Cc1ccc(C)c(CC(=O)NCC(C)(C)CN)c1. The van der Waals surface area contributed by atoms with Crippen LogP contribution in [0.15, 0.2) is 18.2 Å². The second-order valence-corrected chi connectivity index (χ2v) is 5.75. The van der Waals surface area contributed by atoms with Gasteiger partial charge in [-0.15, -0.1) is 0 Å². The van der Waals surface area contributed by atoms with Gasteiger partial charge in [0.05, 0.1) is 6.42 Å². The van der Waals surface area contributed by atoms with Crippen LogP contribution in [0, 0.1) is 19.3 Å². The molecule has 0 saturated carbocycles. The molecule has 1 aromatic carbocycles. The van der Waals surface area contributed by atoms with Gasteiger partial charge in [0.1, 0.15) is 0 Å². The largest absolute Gasteiger partial charge is 0.355 e. The van der Waals surface area contributed by atoms with Crippen molar-refractivity contribution in [3.8, 4) is 0 Å². The fraction of sp³-hybridized carbons (Fsp3) is 0.533. The molecule has 1 amide bonds. The summed E-state index contributed by atoms with van der Waals surface area (Å²) >= 11 is 0. The zero-order valence-corrected chi connectivity index (χ0v) is 11.8. The molecule has 1 rings (SSSR count). The fourth-order valence-corrected chi connectivity index (χ4v) is 1.64. The Morgan fingerprint density at radius 3 is 2.61 bits per heavy atom. The Balaban J connectivity index is 2.57. The van der Waals surface area contributed by atoms with Gasteiger partial charge in [-0.05, 0) is 36.9 Å². The molecule has 3 nitrogen and oxygen atoms in total. The molecule has 1 aromatic rings. The highest BCUT2D eigenvalue weighted by molar-refractivity contribution is 5.79. The van der Waals surface area contributed by atoms with Crippen LogP contribution in [-0.2, 0) is 11.2 Å². The molecule has 3 N–H and O–H groups in total. The summed E-state index contributed by atoms with van der Waals surface area (Å²) in [6.45, 7) is 9.35. The van der Waals surface area contributed by atoms with Crippen LogP contribution in [0.4, 0.5) is 0 Å². The van der Waals surface area contributed by atoms with Crippen molar-refractivity contribution in [2.24, 2.45) is 11.1 Å². The summed E-state index contributed by atoms with van der Waals surface area (Å²) in [5.74, 6) is 0.0604. The van der Waals surface area contributed by atoms with Crippen LogP contribution < -0.4 is 11.1 Å². The highest BCUT2D eigenvalue weighted by Gasteiger charge is 2.16. The van der Waals surface area contributed by atoms with E-state index in [2.05, 4.69) is 23.5 Å². The van der Waals surface area contributed by atoms with Crippen LogP contribution in [0.5, 0.6) is 0 Å². The van der Waals surface area contributed by atoms with E-state index < -0.39 is 0 Å². The number of benzene rings is 1. The smallest absolute Gasteiger partial charge is 0.224 e. The molecule has 0 atom stereocenters. The molecule has 0 aliphatic heterocycles. The molecule has 100 valence electrons. The maximum absolute atomic E-state index is 11.9. The predicted octanol–water partition coefficient (Wildman–Crippen LogP) is 1.95. The van der Waals surface area contributed by atoms with Gasteiger partial charge in [0, 0.05) is 6.54 Å². The summed E-state index contributed by atoms with van der Waals surface area (Å²) in [5.41, 5.74) is 9.04. The molecule has 0 heterocycles. The molecular formula is C15H24N2O. The van der Waals surface area contributed by atoms with Gasteiger partial charge < -0.3 is 11.1 Å². The Morgan fingerprint density at radius 1 is 1.33 bits per heavy atom. The molecule has 0 saturated heterocycles. The monoisotopic (exact) mass is 248 g/mol. The quantitative estimate of drug-likeness (QED) is 0.836. The molecule has 0 radical (unpaired) electrons. The van der Waals surface area contributed by atoms with E-state index in [0.717, 1.165) is 11.1 Å². The molecule has 0 bridgehead atoms. The van der Waals surface area contributed by atoms with Crippen molar-refractivity contribution < 1.29 is 4.79 Å². The summed E-state index contributed by atoms with van der Waals surface area (Å²) in [6, 6.07) is 6.19. The van der Waals surface area contributed by atoms with Crippen molar-refractivity contribution in [1.29, 1.82) is 0 Å². The van der Waals surface area contributed by atoms with E-state index in [4.69, 9.17) is 5.73 Å². The molecule has 0 unspecified atom stereocenters. The lowest BCUT2D eigenvalue weighted by atomic mass is 9.94. The number of hydrogen-bond donors (Lipinski definition) is 2. The van der Waals surface area contributed by atoms with Gasteiger partial charge in [-0.3, -0.25) is 4.79 Å². The lowest BCUT2D eigenvalue weighted by Crippen LogP contribution is -2.39. The fourth-order valence-electron chi connectivity index (χ4n) is 1.64. The molecule has 0 aliphatic rings. The van der Waals surface area contributed by atoms with Crippen LogP contribution in [0.2, 0.25) is 0 Å². The Labute approximate surface area is 110 Å². The van der Waals surface area contributed by atoms with Gasteiger partial charge in [0.25, 0.3) is 0 Å². The highest BCUT2D eigenvalue weighted by Crippen LogP contribution is 2.13. The first-order valence-electron chi connectivity index (χ1n) is 6.37. The van der Waals surface area contributed by atoms with Crippen molar-refractivity contribution in [2.75, 3.05) is 13.1 Å². The lowest BCUT2D eigenvalue weighted by molar-refractivity contribution is -0.120. The van der Waals surface area contributed by atoms with Gasteiger partial charge in [-0.2, -0.15) is 0 Å². The molecule has 0 aliphatic carbocycles. The van der Waals surface area contributed by atoms with Crippen LogP contribution in [0.3, 0.4) is 0 Å². The number of nitrogens with one attached hydrogen (secondary N) is 1. The van der Waals surface area contributed by atoms with Crippen molar-refractivity contribution in [3.63, 3.8) is 0 Å². The van der Waals surface area contributed by atoms with Gasteiger partial charge in [-0.25, -0.2) is 0 Å². The summed E-state index contributed by atoms with van der Waals surface area (Å²) in [5, 5.41) is 2.95. The second kappa shape index (κ2) is 6.01. The second-order valence-electron chi connectivity index (χ2n) is 5.75. The maximum Gasteiger partial charge on any atom is 0.224 e. The normalized spacial score (nSPS) is 11.4. The Bertz CT molecular complexity index is 425. The minimum absolute atomic E-state index is 0.0443. The number of nitrogens with two attached hydrogens (primary N) is 1. The van der Waals surface area contributed by atoms with Gasteiger partial charge in [-0.1, -0.05) is 37.6 Å². The van der Waals surface area contributed by atoms with Gasteiger partial charge in [0.15, 0.2) is 0 Å². The van der Waals surface area contributed by atoms with E-state index in [0.29, 0.717) is 19.5 Å². The van der Waals surface area contributed by atoms with Gasteiger partial charge in [0.2, 0.25) is 5.91 Å². The van der Waals surface area contributed by atoms with E-state index >= 15 is 0 Å². The van der Waals surface area contributed by atoms with E-state index in [1.54, 1.807) is 0 Å². The van der Waals surface area contributed by atoms with Crippen molar-refractivity contribution in [3.05, 3.63) is 34.9 Å². The standard InChI is InChI=1S/C15H24N2O/c1-11-5-6-12(2)13(7-11)8-14(18)17-10-15(3,4)9-16/h5-7H,8-10,16H2,1-4H3,(H,17,18). The number of hydrogen-bond acceptors (Lipinski definition) is 2. The minimum atomic E-state index is -0.0443. The maximum atomic E-state index is 11.9. The van der Waals surface area contributed by atoms with Crippen LogP contribution in [-0.4, -0.2) is 19.0 Å². The zero-order valence-electron chi connectivity index (χ0n) is 11.8.